The summed E-state index contributed by atoms with van der Waals surface area (Å²) in [5.74, 6) is -1.21. The highest BCUT2D eigenvalue weighted by Gasteiger charge is 2.47. The predicted octanol–water partition coefficient (Wildman–Crippen LogP) is 3.20. The molecule has 2 aliphatic heterocycles. The van der Waals surface area contributed by atoms with Crippen molar-refractivity contribution < 1.29 is 47.6 Å². The van der Waals surface area contributed by atoms with Crippen LogP contribution in [0.4, 0.5) is 21.0 Å². The van der Waals surface area contributed by atoms with E-state index in [4.69, 9.17) is 28.4 Å². The molecule has 2 aromatic rings. The van der Waals surface area contributed by atoms with Crippen molar-refractivity contribution in [3.05, 3.63) is 71.1 Å². The molecule has 0 N–H and O–H groups in total. The Morgan fingerprint density at radius 2 is 0.950 bits per heavy atom. The molecule has 0 atom stereocenters. The van der Waals surface area contributed by atoms with Crippen LogP contribution in [-0.2, 0) is 28.4 Å². The van der Waals surface area contributed by atoms with E-state index in [1.165, 1.54) is 19.2 Å². The number of Topliss-reactive ketones (excluding diaryl/α,β-unsaturated/α-hetero) is 2. The number of amides is 2. The minimum atomic E-state index is -0.905. The summed E-state index contributed by atoms with van der Waals surface area (Å²) in [6, 6.07) is 12.8. The molecule has 2 aliphatic rings. The van der Waals surface area contributed by atoms with E-state index in [0.717, 1.165) is 9.80 Å². The zero-order valence-corrected chi connectivity index (χ0v) is 22.3. The Hall–Kier alpha value is -4.10. The van der Waals surface area contributed by atoms with Crippen molar-refractivity contribution >= 4 is 35.1 Å². The summed E-state index contributed by atoms with van der Waals surface area (Å²) in [4.78, 5) is 55.8. The second-order valence-electron chi connectivity index (χ2n) is 8.50. The highest BCUT2D eigenvalue weighted by atomic mass is 16.6. The van der Waals surface area contributed by atoms with E-state index in [-0.39, 0.29) is 66.9 Å². The number of carbonyl (C=O) groups is 4. The number of rotatable bonds is 12. The maximum atomic E-state index is 13.6. The van der Waals surface area contributed by atoms with Crippen molar-refractivity contribution in [2.75, 3.05) is 76.9 Å². The zero-order chi connectivity index (χ0) is 28.5. The summed E-state index contributed by atoms with van der Waals surface area (Å²) in [6.45, 7) is 1.55. The monoisotopic (exact) mass is 554 g/mol. The van der Waals surface area contributed by atoms with Crippen molar-refractivity contribution in [3.8, 4) is 0 Å². The smallest absolute Gasteiger partial charge is 0.419 e. The number of fused-ring (bicyclic) bond motifs is 2. The van der Waals surface area contributed by atoms with Gasteiger partial charge in [0.2, 0.25) is 11.6 Å². The molecule has 4 rings (SSSR count). The van der Waals surface area contributed by atoms with E-state index in [1.54, 1.807) is 43.5 Å². The molecular weight excluding hydrogens is 524 g/mol. The van der Waals surface area contributed by atoms with Gasteiger partial charge in [0.1, 0.15) is 24.6 Å². The molecule has 2 heterocycles. The lowest BCUT2D eigenvalue weighted by Gasteiger charge is -2.23. The molecule has 0 saturated heterocycles. The first kappa shape index (κ1) is 28.9. The van der Waals surface area contributed by atoms with Crippen LogP contribution in [0.2, 0.25) is 0 Å². The molecule has 0 radical (unpaired) electrons. The maximum absolute atomic E-state index is 13.6. The number of anilines is 2. The van der Waals surface area contributed by atoms with Crippen LogP contribution in [0.15, 0.2) is 59.9 Å². The van der Waals surface area contributed by atoms with Gasteiger partial charge in [0.15, 0.2) is 0 Å². The summed E-state index contributed by atoms with van der Waals surface area (Å²) < 4.78 is 31.3. The second kappa shape index (κ2) is 13.8. The summed E-state index contributed by atoms with van der Waals surface area (Å²) in [5.41, 5.74) is 0.226. The van der Waals surface area contributed by atoms with Gasteiger partial charge in [-0.1, -0.05) is 24.3 Å². The Balaban J connectivity index is 1.60. The number of carbonyl (C=O) groups excluding carboxylic acids is 4. The number of methoxy groups -OCH3 is 2. The minimum Gasteiger partial charge on any atom is -0.446 e. The van der Waals surface area contributed by atoms with E-state index < -0.39 is 23.8 Å². The molecule has 0 fully saturated rings. The molecule has 0 bridgehead atoms. The average Bonchev–Trinajstić information content (AvgIpc) is 3.42. The quantitative estimate of drug-likeness (QED) is 0.285. The van der Waals surface area contributed by atoms with E-state index in [9.17, 15) is 19.2 Å². The van der Waals surface area contributed by atoms with Crippen molar-refractivity contribution in [1.29, 1.82) is 0 Å². The first-order valence-electron chi connectivity index (χ1n) is 12.6. The lowest BCUT2D eigenvalue weighted by atomic mass is 10.1. The fraction of sp³-hybridized carbons (Fsp3) is 0.357. The third kappa shape index (κ3) is 6.05. The number of hydrogen-bond acceptors (Lipinski definition) is 10. The number of hydrogen-bond donors (Lipinski definition) is 0. The number of para-hydroxylation sites is 2. The van der Waals surface area contributed by atoms with Gasteiger partial charge in [-0.2, -0.15) is 0 Å². The lowest BCUT2D eigenvalue weighted by Crippen LogP contribution is -2.37. The molecule has 0 aromatic heterocycles. The Morgan fingerprint density at radius 3 is 1.43 bits per heavy atom. The van der Waals surface area contributed by atoms with Crippen LogP contribution in [0.5, 0.6) is 0 Å². The van der Waals surface area contributed by atoms with E-state index in [0.29, 0.717) is 19.8 Å². The Morgan fingerprint density at radius 1 is 0.575 bits per heavy atom. The Bertz CT molecular complexity index is 1290. The van der Waals surface area contributed by atoms with Crippen LogP contribution < -0.4 is 9.80 Å². The van der Waals surface area contributed by atoms with Gasteiger partial charge < -0.3 is 28.4 Å². The molecule has 2 amide bonds. The van der Waals surface area contributed by atoms with Crippen LogP contribution in [0.25, 0.3) is 0 Å². The Kier molecular flexibility index (Phi) is 9.97. The number of ketones is 2. The van der Waals surface area contributed by atoms with Gasteiger partial charge in [-0.15, -0.1) is 0 Å². The normalized spacial score (nSPS) is 15.8. The van der Waals surface area contributed by atoms with Crippen LogP contribution in [-0.4, -0.2) is 90.8 Å². The zero-order valence-electron chi connectivity index (χ0n) is 22.3. The standard InChI is InChI=1S/C28H30N2O10/c1-35-11-13-37-14-15-38-16-18-40-28(34)30-22-10-6-4-8-20(22)26(32)24(30)23-25(31)19-7-3-5-9-21(19)29(23)27(33)39-17-12-36-2/h3-10H,11-18H2,1-2H3/b24-23+. The van der Waals surface area contributed by atoms with Crippen LogP contribution in [0.1, 0.15) is 20.7 Å². The molecule has 12 heteroatoms. The molecule has 0 spiro atoms. The highest BCUT2D eigenvalue weighted by molar-refractivity contribution is 6.33. The minimum absolute atomic E-state index is 0.0804. The molecule has 212 valence electrons. The van der Waals surface area contributed by atoms with Gasteiger partial charge in [-0.25, -0.2) is 19.4 Å². The molecule has 2 aromatic carbocycles. The number of nitrogens with zero attached hydrogens (tertiary/aromatic N) is 2. The first-order chi connectivity index (χ1) is 19.5. The topological polar surface area (TPSA) is 130 Å². The Labute approximate surface area is 230 Å². The van der Waals surface area contributed by atoms with E-state index >= 15 is 0 Å². The van der Waals surface area contributed by atoms with Crippen LogP contribution in [0, 0.1) is 0 Å². The fourth-order valence-corrected chi connectivity index (χ4v) is 4.22. The third-order valence-corrected chi connectivity index (χ3v) is 6.02. The second-order valence-corrected chi connectivity index (χ2v) is 8.50. The molecule has 12 nitrogen and oxygen atoms in total. The maximum Gasteiger partial charge on any atom is 0.419 e. The van der Waals surface area contributed by atoms with E-state index in [1.807, 2.05) is 0 Å². The van der Waals surface area contributed by atoms with Crippen LogP contribution in [0.3, 0.4) is 0 Å². The SMILES string of the molecule is COCCOCCOCCOC(=O)N1/C(=C2\C(=O)c3ccccc3N2C(=O)OCCOC)C(=O)c2ccccc21. The van der Waals surface area contributed by atoms with Crippen molar-refractivity contribution in [2.45, 2.75) is 0 Å². The number of ether oxygens (including phenoxy) is 6. The summed E-state index contributed by atoms with van der Waals surface area (Å²) in [7, 11) is 3.03. The van der Waals surface area contributed by atoms with Crippen molar-refractivity contribution in [3.63, 3.8) is 0 Å². The van der Waals surface area contributed by atoms with E-state index in [2.05, 4.69) is 0 Å². The van der Waals surface area contributed by atoms with Gasteiger partial charge in [0.25, 0.3) is 0 Å². The predicted molar refractivity (Wildman–Crippen MR) is 142 cm³/mol. The number of benzene rings is 2. The molecule has 0 unspecified atom stereocenters. The lowest BCUT2D eigenvalue weighted by molar-refractivity contribution is 0.0137. The average molecular weight is 555 g/mol. The molecule has 0 saturated carbocycles. The van der Waals surface area contributed by atoms with Crippen molar-refractivity contribution in [2.24, 2.45) is 0 Å². The van der Waals surface area contributed by atoms with Crippen molar-refractivity contribution in [1.82, 2.24) is 0 Å². The van der Waals surface area contributed by atoms with Gasteiger partial charge >= 0.3 is 12.2 Å². The number of allylic oxidation sites excluding steroid dienone is 2. The molecule has 0 aliphatic carbocycles. The van der Waals surface area contributed by atoms with Crippen LogP contribution >= 0.6 is 0 Å². The van der Waals surface area contributed by atoms with Gasteiger partial charge in [-0.3, -0.25) is 9.59 Å². The van der Waals surface area contributed by atoms with Gasteiger partial charge in [0.05, 0.1) is 51.0 Å². The summed E-state index contributed by atoms with van der Waals surface area (Å²) in [5, 5.41) is 0. The summed E-state index contributed by atoms with van der Waals surface area (Å²) in [6.07, 6.45) is -1.80. The largest absolute Gasteiger partial charge is 0.446 e. The summed E-state index contributed by atoms with van der Waals surface area (Å²) >= 11 is 0. The molecule has 40 heavy (non-hydrogen) atoms. The fourth-order valence-electron chi connectivity index (χ4n) is 4.22. The van der Waals surface area contributed by atoms with Gasteiger partial charge in [-0.05, 0) is 24.3 Å². The first-order valence-corrected chi connectivity index (χ1v) is 12.6. The molecular formula is C28H30N2O10. The third-order valence-electron chi connectivity index (χ3n) is 6.02. The van der Waals surface area contributed by atoms with Gasteiger partial charge in [0, 0.05) is 25.3 Å². The highest BCUT2D eigenvalue weighted by Crippen LogP contribution is 2.43.